The SMILES string of the molecule is CO[C-]=C(NC(=O)c1ccc(Oc2cc3c(cc2C)CCC3(C)C)o1)[C](=[V])OC.SN[C-]=[W]. The zero-order valence-electron chi connectivity index (χ0n) is 19.1. The third-order valence-electron chi connectivity index (χ3n) is 5.06. The van der Waals surface area contributed by atoms with Gasteiger partial charge in [0.05, 0.1) is 0 Å². The number of amides is 1. The van der Waals surface area contributed by atoms with Crippen molar-refractivity contribution in [2.24, 2.45) is 0 Å². The van der Waals surface area contributed by atoms with Crippen LogP contribution >= 0.6 is 12.8 Å². The topological polar surface area (TPSA) is 82.0 Å². The van der Waals surface area contributed by atoms with Crippen molar-refractivity contribution in [1.82, 2.24) is 10.0 Å². The predicted octanol–water partition coefficient (Wildman–Crippen LogP) is 3.55. The zero-order valence-corrected chi connectivity index (χ0v) is 24.3. The standard InChI is InChI=1S/C22H24NO5.CH2NS.V.W/c1-14-10-15-8-9-22(2,3)17(15)11-19(14)28-20-7-6-18(27-20)21(24)23-16(12-25-4)13-26-5;1-2-3;;/h6-7,10-11H,8-9H2,1-5H3,(H,23,24);2-3H;;/q2*-1;;. The summed E-state index contributed by atoms with van der Waals surface area (Å²) in [5, 5.41) is 2.63. The minimum absolute atomic E-state index is 0.103. The first-order chi connectivity index (χ1) is 15.7. The molecule has 0 unspecified atom stereocenters. The summed E-state index contributed by atoms with van der Waals surface area (Å²) >= 11 is 7.04. The molecule has 2 aromatic rings. The summed E-state index contributed by atoms with van der Waals surface area (Å²) in [5.41, 5.74) is 4.10. The molecule has 1 aliphatic rings. The molecule has 10 heteroatoms. The van der Waals surface area contributed by atoms with Crippen LogP contribution in [0, 0.1) is 13.2 Å². The molecular weight excluding hydrogens is 651 g/mol. The Labute approximate surface area is 220 Å². The molecule has 33 heavy (non-hydrogen) atoms. The summed E-state index contributed by atoms with van der Waals surface area (Å²) in [6.07, 6.45) is 4.76. The molecule has 0 saturated heterocycles. The van der Waals surface area contributed by atoms with Gasteiger partial charge in [0.15, 0.2) is 0 Å². The molecule has 0 bridgehead atoms. The van der Waals surface area contributed by atoms with Gasteiger partial charge in [0, 0.05) is 0 Å². The number of rotatable bonds is 8. The van der Waals surface area contributed by atoms with Crippen LogP contribution in [-0.2, 0) is 57.6 Å². The second-order valence-electron chi connectivity index (χ2n) is 7.74. The first-order valence-electron chi connectivity index (χ1n) is 9.92. The van der Waals surface area contributed by atoms with E-state index in [9.17, 15) is 4.79 Å². The normalized spacial score (nSPS) is 13.9. The minimum atomic E-state index is -0.466. The number of nitrogens with one attached hydrogen (secondary N) is 2. The number of carbonyl (C=O) groups excluding carboxylic acids is 1. The van der Waals surface area contributed by atoms with Gasteiger partial charge in [0.25, 0.3) is 0 Å². The van der Waals surface area contributed by atoms with Crippen LogP contribution in [-0.4, -0.2) is 29.1 Å². The predicted molar refractivity (Wildman–Crippen MR) is 122 cm³/mol. The number of fused-ring (bicyclic) bond motifs is 1. The summed E-state index contributed by atoms with van der Waals surface area (Å²) < 4.78 is 26.9. The van der Waals surface area contributed by atoms with E-state index in [1.165, 1.54) is 44.7 Å². The van der Waals surface area contributed by atoms with Gasteiger partial charge < -0.3 is 0 Å². The molecule has 0 saturated carbocycles. The Hall–Kier alpha value is -1.41. The van der Waals surface area contributed by atoms with Crippen LogP contribution in [0.1, 0.15) is 47.5 Å². The van der Waals surface area contributed by atoms with Crippen LogP contribution < -0.4 is 14.8 Å². The van der Waals surface area contributed by atoms with E-state index in [2.05, 4.69) is 76.6 Å². The van der Waals surface area contributed by atoms with E-state index in [0.717, 1.165) is 24.2 Å². The number of furan rings is 1. The maximum atomic E-state index is 12.5. The molecule has 7 nitrogen and oxygen atoms in total. The summed E-state index contributed by atoms with van der Waals surface area (Å²) in [6, 6.07) is 7.44. The summed E-state index contributed by atoms with van der Waals surface area (Å²) in [4.78, 5) is 12.5. The number of methoxy groups -OCH3 is 2. The van der Waals surface area contributed by atoms with E-state index >= 15 is 0 Å². The average molecular weight is 677 g/mol. The Bertz CT molecular complexity index is 1050. The van der Waals surface area contributed by atoms with Crippen LogP contribution in [0.15, 0.2) is 34.4 Å². The van der Waals surface area contributed by atoms with Gasteiger partial charge in [-0.2, -0.15) is 0 Å². The van der Waals surface area contributed by atoms with E-state index < -0.39 is 5.91 Å². The molecule has 0 aliphatic heterocycles. The summed E-state index contributed by atoms with van der Waals surface area (Å²) in [5.74, 6) is 0.616. The number of hydrogen-bond donors (Lipinski definition) is 3. The molecule has 0 atom stereocenters. The second-order valence-corrected chi connectivity index (χ2v) is 9.33. The zero-order chi connectivity index (χ0) is 24.6. The molecule has 2 N–H and O–H groups in total. The second kappa shape index (κ2) is 12.9. The Morgan fingerprint density at radius 2 is 2.00 bits per heavy atom. The van der Waals surface area contributed by atoms with Crippen molar-refractivity contribution < 1.29 is 59.8 Å². The fraction of sp³-hybridized carbons (Fsp3) is 0.348. The van der Waals surface area contributed by atoms with E-state index in [0.29, 0.717) is 4.41 Å². The van der Waals surface area contributed by atoms with Gasteiger partial charge in [-0.1, -0.05) is 13.8 Å². The Morgan fingerprint density at radius 1 is 1.30 bits per heavy atom. The first kappa shape index (κ1) is 27.8. The fourth-order valence-electron chi connectivity index (χ4n) is 3.38. The number of benzene rings is 1. The average Bonchev–Trinajstić information content (AvgIpc) is 3.37. The maximum absolute atomic E-state index is 12.5. The van der Waals surface area contributed by atoms with E-state index in [-0.39, 0.29) is 22.8 Å². The number of aryl methyl sites for hydroxylation is 2. The van der Waals surface area contributed by atoms with Crippen LogP contribution in [0.25, 0.3) is 0 Å². The molecule has 1 aliphatic carbocycles. The Kier molecular flexibility index (Phi) is 10.9. The molecule has 1 aromatic heterocycles. The number of thiol groups is 1. The number of carbonyl (C=O) groups is 1. The van der Waals surface area contributed by atoms with Crippen LogP contribution in [0.2, 0.25) is 0 Å². The van der Waals surface area contributed by atoms with Crippen molar-refractivity contribution in [2.45, 2.75) is 39.0 Å². The number of hydrogen-bond acceptors (Lipinski definition) is 7. The Balaban J connectivity index is 0.000000890. The Morgan fingerprint density at radius 3 is 2.61 bits per heavy atom. The van der Waals surface area contributed by atoms with Crippen molar-refractivity contribution in [2.75, 3.05) is 14.2 Å². The molecule has 0 spiro atoms. The van der Waals surface area contributed by atoms with Crippen molar-refractivity contribution in [3.63, 3.8) is 0 Å². The van der Waals surface area contributed by atoms with Crippen LogP contribution in [0.5, 0.6) is 11.7 Å². The molecule has 1 amide bonds. The van der Waals surface area contributed by atoms with Gasteiger partial charge in [0.2, 0.25) is 0 Å². The molecule has 1 heterocycles. The van der Waals surface area contributed by atoms with E-state index in [1.54, 1.807) is 12.1 Å². The third kappa shape index (κ3) is 7.54. The van der Waals surface area contributed by atoms with Gasteiger partial charge in [-0.3, -0.25) is 0 Å². The third-order valence-corrected chi connectivity index (χ3v) is 6.77. The first-order valence-corrected chi connectivity index (χ1v) is 12.5. The van der Waals surface area contributed by atoms with Gasteiger partial charge in [-0.25, -0.2) is 0 Å². The fourth-order valence-corrected chi connectivity index (χ4v) is 3.54. The van der Waals surface area contributed by atoms with Gasteiger partial charge in [-0.05, 0) is 12.8 Å². The molecule has 0 fully saturated rings. The van der Waals surface area contributed by atoms with Crippen molar-refractivity contribution in [3.05, 3.63) is 58.7 Å². The molecule has 0 radical (unpaired) electrons. The van der Waals surface area contributed by atoms with Gasteiger partial charge >= 0.3 is 194 Å². The van der Waals surface area contributed by atoms with E-state index in [1.807, 2.05) is 6.92 Å². The van der Waals surface area contributed by atoms with Crippen LogP contribution in [0.3, 0.4) is 0 Å². The molecule has 177 valence electrons. The molecule has 1 aromatic carbocycles. The van der Waals surface area contributed by atoms with E-state index in [4.69, 9.17) is 18.6 Å². The van der Waals surface area contributed by atoms with Crippen LogP contribution in [0.4, 0.5) is 0 Å². The number of ether oxygens (including phenoxy) is 3. The molecule has 3 rings (SSSR count). The van der Waals surface area contributed by atoms with Crippen molar-refractivity contribution in [3.8, 4) is 11.7 Å². The monoisotopic (exact) mass is 677 g/mol. The van der Waals surface area contributed by atoms with Gasteiger partial charge in [0.1, 0.15) is 0 Å². The van der Waals surface area contributed by atoms with Gasteiger partial charge in [-0.15, -0.1) is 0 Å². The molecular formula is C23H26N2O5SVW-2. The van der Waals surface area contributed by atoms with Crippen molar-refractivity contribution in [1.29, 1.82) is 0 Å². The summed E-state index contributed by atoms with van der Waals surface area (Å²) in [7, 11) is 2.91. The summed E-state index contributed by atoms with van der Waals surface area (Å²) in [6.45, 7) is 6.50. The quantitative estimate of drug-likeness (QED) is 0.172. The van der Waals surface area contributed by atoms with Crippen molar-refractivity contribution >= 4 is 27.7 Å².